The van der Waals surface area contributed by atoms with Gasteiger partial charge in [-0.05, 0) is 42.8 Å². The number of carbonyl (C=O) groups is 4. The van der Waals surface area contributed by atoms with Gasteiger partial charge in [0.2, 0.25) is 11.8 Å². The first-order valence-electron chi connectivity index (χ1n) is 8.91. The van der Waals surface area contributed by atoms with Gasteiger partial charge in [-0.1, -0.05) is 12.1 Å². The van der Waals surface area contributed by atoms with E-state index in [1.54, 1.807) is 36.4 Å². The lowest BCUT2D eigenvalue weighted by molar-refractivity contribution is -0.122. The molecule has 2 N–H and O–H groups in total. The normalized spacial score (nSPS) is 17.0. The van der Waals surface area contributed by atoms with Crippen molar-refractivity contribution < 1.29 is 28.7 Å². The fourth-order valence-electron chi connectivity index (χ4n) is 2.93. The number of amides is 2. The van der Waals surface area contributed by atoms with Crippen LogP contribution in [0.5, 0.6) is 0 Å². The van der Waals surface area contributed by atoms with E-state index in [0.29, 0.717) is 28.9 Å². The molecule has 0 aromatic heterocycles. The van der Waals surface area contributed by atoms with E-state index in [1.165, 1.54) is 26.4 Å². The molecule has 2 aromatic carbocycles. The summed E-state index contributed by atoms with van der Waals surface area (Å²) in [6.07, 6.45) is 0.422. The Morgan fingerprint density at radius 2 is 1.17 bits per heavy atom. The Hall–Kier alpha value is -3.68. The van der Waals surface area contributed by atoms with E-state index < -0.39 is 23.8 Å². The number of rotatable bonds is 6. The maximum Gasteiger partial charge on any atom is 0.337 e. The average Bonchev–Trinajstić information content (AvgIpc) is 3.54. The van der Waals surface area contributed by atoms with Crippen LogP contribution in [-0.4, -0.2) is 38.0 Å². The summed E-state index contributed by atoms with van der Waals surface area (Å²) in [6, 6.07) is 12.8. The SMILES string of the molecule is COC(=O)c1cccc(NC(=O)C2CC2C(=O)Nc2cccc(C(=O)OC)c2)c1. The van der Waals surface area contributed by atoms with Gasteiger partial charge in [-0.3, -0.25) is 9.59 Å². The van der Waals surface area contributed by atoms with Crippen LogP contribution < -0.4 is 10.6 Å². The molecule has 0 saturated heterocycles. The smallest absolute Gasteiger partial charge is 0.337 e. The van der Waals surface area contributed by atoms with Crippen LogP contribution in [0.15, 0.2) is 48.5 Å². The standard InChI is InChI=1S/C21H20N2O6/c1-28-20(26)12-5-3-7-14(9-12)22-18(24)16-11-17(16)19(25)23-15-8-4-6-13(10-15)21(27)29-2/h3-10,16-17H,11H2,1-2H3,(H,22,24)(H,23,25). The van der Waals surface area contributed by atoms with Crippen LogP contribution in [0.3, 0.4) is 0 Å². The number of ether oxygens (including phenoxy) is 2. The van der Waals surface area contributed by atoms with Crippen molar-refractivity contribution in [3.8, 4) is 0 Å². The van der Waals surface area contributed by atoms with E-state index in [0.717, 1.165) is 0 Å². The van der Waals surface area contributed by atoms with Gasteiger partial charge < -0.3 is 20.1 Å². The van der Waals surface area contributed by atoms with Gasteiger partial charge in [0.25, 0.3) is 0 Å². The number of methoxy groups -OCH3 is 2. The zero-order valence-electron chi connectivity index (χ0n) is 15.9. The fourth-order valence-corrected chi connectivity index (χ4v) is 2.93. The van der Waals surface area contributed by atoms with Crippen molar-refractivity contribution >= 4 is 35.1 Å². The number of nitrogens with one attached hydrogen (secondary N) is 2. The molecule has 0 radical (unpaired) electrons. The van der Waals surface area contributed by atoms with Gasteiger partial charge in [0.1, 0.15) is 0 Å². The zero-order chi connectivity index (χ0) is 21.0. The molecule has 150 valence electrons. The minimum absolute atomic E-state index is 0.296. The molecule has 2 unspecified atom stereocenters. The van der Waals surface area contributed by atoms with E-state index in [1.807, 2.05) is 0 Å². The maximum atomic E-state index is 12.4. The molecule has 3 rings (SSSR count). The van der Waals surface area contributed by atoms with E-state index in [2.05, 4.69) is 20.1 Å². The summed E-state index contributed by atoms with van der Waals surface area (Å²) in [7, 11) is 2.56. The van der Waals surface area contributed by atoms with E-state index >= 15 is 0 Å². The third-order valence-corrected chi connectivity index (χ3v) is 4.57. The highest BCUT2D eigenvalue weighted by atomic mass is 16.5. The van der Waals surface area contributed by atoms with Gasteiger partial charge in [0.15, 0.2) is 0 Å². The minimum atomic E-state index is -0.501. The molecule has 0 aliphatic heterocycles. The Bertz CT molecular complexity index is 894. The second-order valence-corrected chi connectivity index (χ2v) is 6.57. The number of esters is 2. The highest BCUT2D eigenvalue weighted by molar-refractivity contribution is 6.04. The van der Waals surface area contributed by atoms with Crippen molar-refractivity contribution in [2.45, 2.75) is 6.42 Å². The average molecular weight is 396 g/mol. The monoisotopic (exact) mass is 396 g/mol. The fraction of sp³-hybridized carbons (Fsp3) is 0.238. The molecule has 1 aliphatic rings. The summed E-state index contributed by atoms with van der Waals surface area (Å²) >= 11 is 0. The molecule has 0 heterocycles. The molecule has 1 fully saturated rings. The zero-order valence-corrected chi connectivity index (χ0v) is 15.9. The topological polar surface area (TPSA) is 111 Å². The van der Waals surface area contributed by atoms with E-state index in [-0.39, 0.29) is 11.8 Å². The number of benzene rings is 2. The number of hydrogen-bond acceptors (Lipinski definition) is 6. The Labute approximate surface area is 167 Å². The first kappa shape index (κ1) is 20.1. The molecule has 0 spiro atoms. The number of anilines is 2. The second-order valence-electron chi connectivity index (χ2n) is 6.57. The third-order valence-electron chi connectivity index (χ3n) is 4.57. The highest BCUT2D eigenvalue weighted by Gasteiger charge is 2.48. The van der Waals surface area contributed by atoms with Gasteiger partial charge in [0, 0.05) is 11.4 Å². The van der Waals surface area contributed by atoms with Crippen molar-refractivity contribution in [1.82, 2.24) is 0 Å². The highest BCUT2D eigenvalue weighted by Crippen LogP contribution is 2.40. The Balaban J connectivity index is 1.58. The minimum Gasteiger partial charge on any atom is -0.465 e. The van der Waals surface area contributed by atoms with E-state index in [4.69, 9.17) is 0 Å². The summed E-state index contributed by atoms with van der Waals surface area (Å²) < 4.78 is 9.32. The Kier molecular flexibility index (Phi) is 5.92. The lowest BCUT2D eigenvalue weighted by Gasteiger charge is -2.08. The molecule has 29 heavy (non-hydrogen) atoms. The molecule has 2 atom stereocenters. The van der Waals surface area contributed by atoms with Gasteiger partial charge >= 0.3 is 11.9 Å². The first-order valence-corrected chi connectivity index (χ1v) is 8.91. The Morgan fingerprint density at radius 1 is 0.759 bits per heavy atom. The maximum absolute atomic E-state index is 12.4. The van der Waals surface area contributed by atoms with Crippen molar-refractivity contribution in [2.75, 3.05) is 24.9 Å². The molecule has 2 aromatic rings. The van der Waals surface area contributed by atoms with Gasteiger partial charge in [-0.2, -0.15) is 0 Å². The van der Waals surface area contributed by atoms with Gasteiger partial charge in [-0.25, -0.2) is 9.59 Å². The van der Waals surface area contributed by atoms with Crippen molar-refractivity contribution in [3.63, 3.8) is 0 Å². The van der Waals surface area contributed by atoms with Gasteiger partial charge in [-0.15, -0.1) is 0 Å². The van der Waals surface area contributed by atoms with E-state index in [9.17, 15) is 19.2 Å². The van der Waals surface area contributed by atoms with Crippen LogP contribution in [0.2, 0.25) is 0 Å². The molecule has 2 amide bonds. The van der Waals surface area contributed by atoms with Crippen LogP contribution >= 0.6 is 0 Å². The van der Waals surface area contributed by atoms with Crippen LogP contribution in [0.25, 0.3) is 0 Å². The molecule has 0 bridgehead atoms. The quantitative estimate of drug-likeness (QED) is 0.726. The first-order chi connectivity index (χ1) is 13.9. The summed E-state index contributed by atoms with van der Waals surface area (Å²) in [5.74, 6) is -2.51. The Morgan fingerprint density at radius 3 is 1.55 bits per heavy atom. The van der Waals surface area contributed by atoms with Crippen molar-refractivity contribution in [2.24, 2.45) is 11.8 Å². The van der Waals surface area contributed by atoms with Crippen LogP contribution in [0, 0.1) is 11.8 Å². The van der Waals surface area contributed by atoms with Crippen molar-refractivity contribution in [3.05, 3.63) is 59.7 Å². The van der Waals surface area contributed by atoms with Crippen LogP contribution in [0.1, 0.15) is 27.1 Å². The second kappa shape index (κ2) is 8.55. The predicted octanol–water partition coefficient (Wildman–Crippen LogP) is 2.47. The number of hydrogen-bond donors (Lipinski definition) is 2. The molecule has 1 aliphatic carbocycles. The summed E-state index contributed by atoms with van der Waals surface area (Å²) in [5, 5.41) is 5.43. The summed E-state index contributed by atoms with van der Waals surface area (Å²) in [5.41, 5.74) is 1.55. The third kappa shape index (κ3) is 4.78. The lowest BCUT2D eigenvalue weighted by atomic mass is 10.2. The van der Waals surface area contributed by atoms with Crippen LogP contribution in [0.4, 0.5) is 11.4 Å². The molecule has 8 nitrogen and oxygen atoms in total. The summed E-state index contributed by atoms with van der Waals surface area (Å²) in [4.78, 5) is 48.0. The lowest BCUT2D eigenvalue weighted by Crippen LogP contribution is -2.20. The molecule has 8 heteroatoms. The van der Waals surface area contributed by atoms with Crippen LogP contribution in [-0.2, 0) is 19.1 Å². The molecule has 1 saturated carbocycles. The predicted molar refractivity (Wildman–Crippen MR) is 104 cm³/mol. The summed E-state index contributed by atoms with van der Waals surface area (Å²) in [6.45, 7) is 0. The largest absolute Gasteiger partial charge is 0.465 e. The van der Waals surface area contributed by atoms with Crippen molar-refractivity contribution in [1.29, 1.82) is 0 Å². The molecular formula is C21H20N2O6. The molecular weight excluding hydrogens is 376 g/mol. The van der Waals surface area contributed by atoms with Gasteiger partial charge in [0.05, 0.1) is 37.2 Å². The number of carbonyl (C=O) groups excluding carboxylic acids is 4.